The van der Waals surface area contributed by atoms with Crippen molar-refractivity contribution in [2.75, 3.05) is 11.4 Å². The van der Waals surface area contributed by atoms with E-state index in [1.807, 2.05) is 48.5 Å². The molecule has 1 aliphatic rings. The molecular weight excluding hydrogens is 400 g/mol. The van der Waals surface area contributed by atoms with Crippen molar-refractivity contribution in [3.05, 3.63) is 77.8 Å². The predicted octanol–water partition coefficient (Wildman–Crippen LogP) is 6.03. The Morgan fingerprint density at radius 1 is 0.897 bits per heavy atom. The number of ether oxygens (including phenoxy) is 1. The largest absolute Gasteiger partial charge is 0.458 e. The summed E-state index contributed by atoms with van der Waals surface area (Å²) in [4.78, 5) is 21.6. The third-order valence-electron chi connectivity index (χ3n) is 4.77. The van der Waals surface area contributed by atoms with Crippen molar-refractivity contribution >= 4 is 50.7 Å². The van der Waals surface area contributed by atoms with E-state index in [-0.39, 0.29) is 12.6 Å². The van der Waals surface area contributed by atoms with E-state index in [4.69, 9.17) is 4.74 Å². The van der Waals surface area contributed by atoms with Gasteiger partial charge >= 0.3 is 5.97 Å². The normalized spacial score (nSPS) is 12.5. The van der Waals surface area contributed by atoms with E-state index in [1.165, 1.54) is 9.79 Å². The Kier molecular flexibility index (Phi) is 4.96. The molecule has 0 amide bonds. The first kappa shape index (κ1) is 18.2. The highest BCUT2D eigenvalue weighted by molar-refractivity contribution is 7.99. The second-order valence-electron chi connectivity index (χ2n) is 6.68. The van der Waals surface area contributed by atoms with Crippen LogP contribution in [0.25, 0.3) is 10.2 Å². The molecule has 29 heavy (non-hydrogen) atoms. The van der Waals surface area contributed by atoms with Crippen LogP contribution >= 0.6 is 23.1 Å². The lowest BCUT2D eigenvalue weighted by Crippen LogP contribution is -2.24. The summed E-state index contributed by atoms with van der Waals surface area (Å²) < 4.78 is 6.61. The number of carbonyl (C=O) groups is 1. The maximum Gasteiger partial charge on any atom is 0.308 e. The summed E-state index contributed by atoms with van der Waals surface area (Å²) in [6.07, 6.45) is 0.318. The van der Waals surface area contributed by atoms with Crippen molar-refractivity contribution < 1.29 is 9.53 Å². The molecule has 0 spiro atoms. The number of nitrogens with zero attached hydrogens (tertiary/aromatic N) is 2. The van der Waals surface area contributed by atoms with Crippen LogP contribution in [0.15, 0.2) is 82.6 Å². The maximum atomic E-state index is 12.4. The first-order valence-electron chi connectivity index (χ1n) is 9.41. The number of hydrogen-bond acceptors (Lipinski definition) is 6. The molecule has 4 aromatic rings. The van der Waals surface area contributed by atoms with Crippen LogP contribution in [0.5, 0.6) is 0 Å². The van der Waals surface area contributed by atoms with Crippen molar-refractivity contribution in [3.8, 4) is 0 Å². The van der Waals surface area contributed by atoms with E-state index in [0.29, 0.717) is 13.0 Å². The fourth-order valence-corrected chi connectivity index (χ4v) is 5.40. The second kappa shape index (κ2) is 7.89. The first-order chi connectivity index (χ1) is 14.3. The van der Waals surface area contributed by atoms with E-state index >= 15 is 0 Å². The fraction of sp³-hybridized carbons (Fsp3) is 0.130. The minimum Gasteiger partial charge on any atom is -0.458 e. The average Bonchev–Trinajstić information content (AvgIpc) is 3.18. The highest BCUT2D eigenvalue weighted by Crippen LogP contribution is 2.47. The standard InChI is InChI=1S/C23H18N2O2S2/c26-23(27-15-22-24-16-7-1-4-10-19(16)29-22)13-14-25-17-8-2-5-11-20(17)28-21-12-6-3-9-18(21)25/h1-12H,13-15H2. The Labute approximate surface area is 177 Å². The van der Waals surface area contributed by atoms with Gasteiger partial charge in [-0.2, -0.15) is 0 Å². The van der Waals surface area contributed by atoms with Crippen molar-refractivity contribution in [3.63, 3.8) is 0 Å². The zero-order valence-electron chi connectivity index (χ0n) is 15.6. The van der Waals surface area contributed by atoms with Crippen LogP contribution in [0.2, 0.25) is 0 Å². The molecule has 1 aliphatic heterocycles. The Morgan fingerprint density at radius 3 is 2.28 bits per heavy atom. The van der Waals surface area contributed by atoms with Gasteiger partial charge in [-0.15, -0.1) is 11.3 Å². The summed E-state index contributed by atoms with van der Waals surface area (Å²) >= 11 is 3.33. The van der Waals surface area contributed by atoms with Gasteiger partial charge < -0.3 is 9.64 Å². The van der Waals surface area contributed by atoms with Crippen LogP contribution in [0.3, 0.4) is 0 Å². The van der Waals surface area contributed by atoms with Gasteiger partial charge in [-0.25, -0.2) is 4.98 Å². The molecule has 144 valence electrons. The number of esters is 1. The lowest BCUT2D eigenvalue weighted by atomic mass is 10.2. The van der Waals surface area contributed by atoms with E-state index in [2.05, 4.69) is 34.1 Å². The molecule has 4 nitrogen and oxygen atoms in total. The van der Waals surface area contributed by atoms with Crippen molar-refractivity contribution in [2.24, 2.45) is 0 Å². The summed E-state index contributed by atoms with van der Waals surface area (Å²) in [7, 11) is 0. The summed E-state index contributed by atoms with van der Waals surface area (Å²) in [6.45, 7) is 0.800. The first-order valence-corrected chi connectivity index (χ1v) is 11.0. The quantitative estimate of drug-likeness (QED) is 0.370. The number of aromatic nitrogens is 1. The Balaban J connectivity index is 1.27. The Bertz CT molecular complexity index is 1110. The number of carbonyl (C=O) groups excluding carboxylic acids is 1. The molecule has 0 aliphatic carbocycles. The van der Waals surface area contributed by atoms with Crippen LogP contribution in [-0.4, -0.2) is 17.5 Å². The Morgan fingerprint density at radius 2 is 1.55 bits per heavy atom. The highest BCUT2D eigenvalue weighted by Gasteiger charge is 2.23. The molecule has 2 heterocycles. The van der Waals surface area contributed by atoms with E-state index in [9.17, 15) is 4.79 Å². The summed E-state index contributed by atoms with van der Waals surface area (Å²) in [5.41, 5.74) is 3.22. The van der Waals surface area contributed by atoms with E-state index in [0.717, 1.165) is 26.6 Å². The van der Waals surface area contributed by atoms with Crippen LogP contribution in [0.4, 0.5) is 11.4 Å². The fourth-order valence-electron chi connectivity index (χ4n) is 3.42. The second-order valence-corrected chi connectivity index (χ2v) is 8.87. The monoisotopic (exact) mass is 418 g/mol. The van der Waals surface area contributed by atoms with Gasteiger partial charge in [0.1, 0.15) is 11.6 Å². The topological polar surface area (TPSA) is 42.4 Å². The van der Waals surface area contributed by atoms with Gasteiger partial charge in [0.15, 0.2) is 0 Å². The number of fused-ring (bicyclic) bond motifs is 3. The highest BCUT2D eigenvalue weighted by atomic mass is 32.2. The van der Waals surface area contributed by atoms with Crippen molar-refractivity contribution in [1.29, 1.82) is 0 Å². The molecule has 5 rings (SSSR count). The lowest BCUT2D eigenvalue weighted by molar-refractivity contribution is -0.144. The number of rotatable bonds is 5. The van der Waals surface area contributed by atoms with Gasteiger partial charge in [-0.05, 0) is 36.4 Å². The maximum absolute atomic E-state index is 12.4. The van der Waals surface area contributed by atoms with Gasteiger partial charge in [0.25, 0.3) is 0 Å². The molecule has 0 fully saturated rings. The minimum atomic E-state index is -0.211. The molecule has 3 aromatic carbocycles. The lowest BCUT2D eigenvalue weighted by Gasteiger charge is -2.32. The molecule has 0 N–H and O–H groups in total. The predicted molar refractivity (Wildman–Crippen MR) is 118 cm³/mol. The van der Waals surface area contributed by atoms with Crippen molar-refractivity contribution in [2.45, 2.75) is 22.8 Å². The number of benzene rings is 3. The average molecular weight is 419 g/mol. The van der Waals surface area contributed by atoms with Crippen LogP contribution in [0, 0.1) is 0 Å². The molecule has 0 atom stereocenters. The summed E-state index contributed by atoms with van der Waals surface area (Å²) in [6, 6.07) is 24.6. The summed E-state index contributed by atoms with van der Waals surface area (Å²) in [5.74, 6) is -0.211. The molecule has 1 aromatic heterocycles. The van der Waals surface area contributed by atoms with E-state index in [1.54, 1.807) is 23.1 Å². The van der Waals surface area contributed by atoms with Crippen LogP contribution in [-0.2, 0) is 16.1 Å². The number of hydrogen-bond donors (Lipinski definition) is 0. The van der Waals surface area contributed by atoms with E-state index < -0.39 is 0 Å². The molecule has 0 saturated carbocycles. The summed E-state index contributed by atoms with van der Waals surface area (Å²) in [5, 5.41) is 0.824. The zero-order chi connectivity index (χ0) is 19.6. The number of para-hydroxylation sites is 3. The number of anilines is 2. The van der Waals surface area contributed by atoms with Gasteiger partial charge in [0.2, 0.25) is 0 Å². The molecule has 0 unspecified atom stereocenters. The molecule has 0 bridgehead atoms. The third kappa shape index (κ3) is 3.73. The Hall–Kier alpha value is -2.83. The van der Waals surface area contributed by atoms with Crippen LogP contribution < -0.4 is 4.90 Å². The van der Waals surface area contributed by atoms with Gasteiger partial charge in [-0.3, -0.25) is 4.79 Å². The SMILES string of the molecule is O=C(CCN1c2ccccc2Sc2ccccc21)OCc1nc2ccccc2s1. The third-order valence-corrected chi connectivity index (χ3v) is 6.91. The minimum absolute atomic E-state index is 0.211. The molecule has 0 saturated heterocycles. The molecular formula is C23H18N2O2S2. The smallest absolute Gasteiger partial charge is 0.308 e. The van der Waals surface area contributed by atoms with Gasteiger partial charge in [0, 0.05) is 16.3 Å². The molecule has 0 radical (unpaired) electrons. The van der Waals surface area contributed by atoms with Gasteiger partial charge in [-0.1, -0.05) is 48.2 Å². The van der Waals surface area contributed by atoms with Crippen molar-refractivity contribution in [1.82, 2.24) is 4.98 Å². The zero-order valence-corrected chi connectivity index (χ0v) is 17.2. The van der Waals surface area contributed by atoms with Crippen LogP contribution in [0.1, 0.15) is 11.4 Å². The molecule has 6 heteroatoms. The van der Waals surface area contributed by atoms with Gasteiger partial charge in [0.05, 0.1) is 28.0 Å². The number of thiazole rings is 1.